The molecule has 0 aliphatic carbocycles. The molecule has 5 rings (SSSR count). The van der Waals surface area contributed by atoms with Crippen molar-refractivity contribution in [3.8, 4) is 0 Å². The lowest BCUT2D eigenvalue weighted by Crippen LogP contribution is -2.38. The highest BCUT2D eigenvalue weighted by Gasteiger charge is 2.24. The van der Waals surface area contributed by atoms with Crippen molar-refractivity contribution in [3.05, 3.63) is 102 Å². The number of piperidine rings is 1. The number of thioether (sulfide) groups is 1. The second-order valence-electron chi connectivity index (χ2n) is 9.37. The summed E-state index contributed by atoms with van der Waals surface area (Å²) in [5, 5.41) is 25.2. The number of carboxylic acids is 2. The van der Waals surface area contributed by atoms with E-state index < -0.39 is 11.9 Å². The van der Waals surface area contributed by atoms with Gasteiger partial charge in [0, 0.05) is 31.0 Å². The standard InChI is InChI=1S/C26H29N5OS.C4H4O4/c1-3-8-21(9-4-1)26(22-10-5-2-6-11-22)32-23-14-17-30(18-15-23)16-7-19-33-25-13-12-24-27-20-28-31(24)29-25;5-3(6)1-2-4(7)8/h1-6,8-13,20,23,26H,7,14-19H2;1-2H,(H,5,6)(H,7,8). The van der Waals surface area contributed by atoms with E-state index >= 15 is 0 Å². The van der Waals surface area contributed by atoms with Crippen molar-refractivity contribution in [1.29, 1.82) is 0 Å². The molecule has 2 aromatic carbocycles. The molecule has 1 aliphatic rings. The first-order valence-corrected chi connectivity index (χ1v) is 14.4. The fourth-order valence-electron chi connectivity index (χ4n) is 4.46. The highest BCUT2D eigenvalue weighted by molar-refractivity contribution is 7.99. The maximum atomic E-state index is 9.55. The van der Waals surface area contributed by atoms with Crippen molar-refractivity contribution < 1.29 is 24.5 Å². The number of nitrogens with zero attached hydrogens (tertiary/aromatic N) is 5. The normalized spacial score (nSPS) is 14.3. The van der Waals surface area contributed by atoms with Crippen LogP contribution in [0.5, 0.6) is 0 Å². The zero-order chi connectivity index (χ0) is 28.9. The van der Waals surface area contributed by atoms with Gasteiger partial charge >= 0.3 is 11.9 Å². The molecular formula is C30H33N5O5S. The van der Waals surface area contributed by atoms with E-state index in [9.17, 15) is 9.59 Å². The molecule has 1 aliphatic heterocycles. The van der Waals surface area contributed by atoms with E-state index in [4.69, 9.17) is 14.9 Å². The van der Waals surface area contributed by atoms with Crippen molar-refractivity contribution in [3.63, 3.8) is 0 Å². The van der Waals surface area contributed by atoms with Crippen molar-refractivity contribution >= 4 is 29.3 Å². The predicted molar refractivity (Wildman–Crippen MR) is 156 cm³/mol. The summed E-state index contributed by atoms with van der Waals surface area (Å²) >= 11 is 1.78. The molecule has 10 nitrogen and oxygen atoms in total. The number of hydrogen-bond acceptors (Lipinski definition) is 8. The maximum absolute atomic E-state index is 9.55. The van der Waals surface area contributed by atoms with Crippen LogP contribution in [-0.2, 0) is 14.3 Å². The van der Waals surface area contributed by atoms with E-state index in [1.165, 1.54) is 17.5 Å². The summed E-state index contributed by atoms with van der Waals surface area (Å²) in [5.74, 6) is -1.46. The number of likely N-dealkylation sites (tertiary alicyclic amines) is 1. The average Bonchev–Trinajstić information content (AvgIpc) is 3.47. The molecule has 11 heteroatoms. The zero-order valence-electron chi connectivity index (χ0n) is 22.5. The minimum Gasteiger partial charge on any atom is -0.478 e. The quantitative estimate of drug-likeness (QED) is 0.149. The largest absolute Gasteiger partial charge is 0.478 e. The number of carboxylic acid groups (broad SMARTS) is 2. The Balaban J connectivity index is 0.000000426. The molecule has 1 fully saturated rings. The Morgan fingerprint density at radius 1 is 0.927 bits per heavy atom. The molecular weight excluding hydrogens is 542 g/mol. The predicted octanol–water partition coefficient (Wildman–Crippen LogP) is 4.59. The van der Waals surface area contributed by atoms with Crippen molar-refractivity contribution in [2.45, 2.75) is 36.5 Å². The number of aliphatic carboxylic acids is 2. The molecule has 2 N–H and O–H groups in total. The van der Waals surface area contributed by atoms with Gasteiger partial charge < -0.3 is 19.8 Å². The summed E-state index contributed by atoms with van der Waals surface area (Å²) in [5.41, 5.74) is 3.23. The molecule has 214 valence electrons. The summed E-state index contributed by atoms with van der Waals surface area (Å²) in [4.78, 5) is 25.8. The Morgan fingerprint density at radius 3 is 2.12 bits per heavy atom. The number of ether oxygens (including phenoxy) is 1. The van der Waals surface area contributed by atoms with Gasteiger partial charge in [0.2, 0.25) is 0 Å². The smallest absolute Gasteiger partial charge is 0.328 e. The molecule has 0 saturated carbocycles. The number of aromatic nitrogens is 4. The fourth-order valence-corrected chi connectivity index (χ4v) is 5.24. The highest BCUT2D eigenvalue weighted by atomic mass is 32.2. The first-order chi connectivity index (χ1) is 20.0. The third kappa shape index (κ3) is 9.82. The van der Waals surface area contributed by atoms with E-state index in [0.29, 0.717) is 18.3 Å². The number of hydrogen-bond donors (Lipinski definition) is 2. The van der Waals surface area contributed by atoms with Crippen LogP contribution in [0.1, 0.15) is 36.5 Å². The van der Waals surface area contributed by atoms with Gasteiger partial charge in [0.1, 0.15) is 17.5 Å². The molecule has 0 atom stereocenters. The lowest BCUT2D eigenvalue weighted by atomic mass is 10.00. The second-order valence-corrected chi connectivity index (χ2v) is 10.5. The number of fused-ring (bicyclic) bond motifs is 1. The molecule has 0 bridgehead atoms. The van der Waals surface area contributed by atoms with E-state index in [0.717, 1.165) is 55.3 Å². The molecule has 2 aromatic heterocycles. The first kappa shape index (κ1) is 29.9. The SMILES string of the molecule is O=C(O)C=CC(=O)O.c1ccc(C(OC2CCN(CCCSc3ccc4ncnn4n3)CC2)c2ccccc2)cc1. The van der Waals surface area contributed by atoms with Crippen LogP contribution in [0.3, 0.4) is 0 Å². The minimum atomic E-state index is -1.26. The van der Waals surface area contributed by atoms with Crippen molar-refractivity contribution in [2.75, 3.05) is 25.4 Å². The third-order valence-corrected chi connectivity index (χ3v) is 7.44. The van der Waals surface area contributed by atoms with Gasteiger partial charge in [-0.3, -0.25) is 0 Å². The van der Waals surface area contributed by atoms with E-state index in [2.05, 4.69) is 80.7 Å². The monoisotopic (exact) mass is 575 g/mol. The van der Waals surface area contributed by atoms with Crippen LogP contribution in [0.15, 0.2) is 96.3 Å². The summed E-state index contributed by atoms with van der Waals surface area (Å²) < 4.78 is 8.26. The zero-order valence-corrected chi connectivity index (χ0v) is 23.3. The molecule has 0 radical (unpaired) electrons. The van der Waals surface area contributed by atoms with Gasteiger partial charge in [-0.05, 0) is 49.1 Å². The van der Waals surface area contributed by atoms with E-state index in [1.807, 2.05) is 12.1 Å². The third-order valence-electron chi connectivity index (χ3n) is 6.43. The Hall–Kier alpha value is -4.06. The van der Waals surface area contributed by atoms with E-state index in [-0.39, 0.29) is 6.10 Å². The summed E-state index contributed by atoms with van der Waals surface area (Å²) in [6.07, 6.45) is 6.23. The Morgan fingerprint density at radius 2 is 1.54 bits per heavy atom. The molecule has 0 spiro atoms. The van der Waals surface area contributed by atoms with Gasteiger partial charge in [-0.15, -0.1) is 26.6 Å². The van der Waals surface area contributed by atoms with Crippen LogP contribution in [0, 0.1) is 0 Å². The molecule has 1 saturated heterocycles. The Labute approximate surface area is 242 Å². The lowest BCUT2D eigenvalue weighted by molar-refractivity contribution is -0.134. The van der Waals surface area contributed by atoms with Gasteiger partial charge in [-0.1, -0.05) is 60.7 Å². The molecule has 3 heterocycles. The summed E-state index contributed by atoms with van der Waals surface area (Å²) in [6, 6.07) is 25.1. The fraction of sp³-hybridized carbons (Fsp3) is 0.300. The van der Waals surface area contributed by atoms with Crippen LogP contribution in [0.4, 0.5) is 0 Å². The van der Waals surface area contributed by atoms with Crippen LogP contribution < -0.4 is 0 Å². The molecule has 4 aromatic rings. The van der Waals surface area contributed by atoms with Crippen LogP contribution >= 0.6 is 11.8 Å². The lowest BCUT2D eigenvalue weighted by Gasteiger charge is -2.34. The van der Waals surface area contributed by atoms with Crippen LogP contribution in [-0.4, -0.2) is 78.4 Å². The molecule has 0 unspecified atom stereocenters. The number of benzene rings is 2. The maximum Gasteiger partial charge on any atom is 0.328 e. The Kier molecular flexibility index (Phi) is 11.4. The Bertz CT molecular complexity index is 1350. The van der Waals surface area contributed by atoms with Gasteiger partial charge in [0.05, 0.1) is 6.10 Å². The van der Waals surface area contributed by atoms with Gasteiger partial charge in [0.15, 0.2) is 5.65 Å². The summed E-state index contributed by atoms with van der Waals surface area (Å²) in [6.45, 7) is 3.30. The van der Waals surface area contributed by atoms with Gasteiger partial charge in [-0.25, -0.2) is 14.6 Å². The number of carbonyl (C=O) groups is 2. The summed E-state index contributed by atoms with van der Waals surface area (Å²) in [7, 11) is 0. The van der Waals surface area contributed by atoms with Crippen LogP contribution in [0.2, 0.25) is 0 Å². The molecule has 41 heavy (non-hydrogen) atoms. The van der Waals surface area contributed by atoms with Crippen molar-refractivity contribution in [2.24, 2.45) is 0 Å². The van der Waals surface area contributed by atoms with Crippen LogP contribution in [0.25, 0.3) is 5.65 Å². The van der Waals surface area contributed by atoms with E-state index in [1.54, 1.807) is 16.4 Å². The average molecular weight is 576 g/mol. The minimum absolute atomic E-state index is 0.00447. The topological polar surface area (TPSA) is 130 Å². The number of rotatable bonds is 11. The van der Waals surface area contributed by atoms with Gasteiger partial charge in [0.25, 0.3) is 0 Å². The van der Waals surface area contributed by atoms with Gasteiger partial charge in [-0.2, -0.15) is 0 Å². The first-order valence-electron chi connectivity index (χ1n) is 13.4. The highest BCUT2D eigenvalue weighted by Crippen LogP contribution is 2.30. The molecule has 0 amide bonds. The van der Waals surface area contributed by atoms with Crippen molar-refractivity contribution in [1.82, 2.24) is 24.7 Å². The second kappa shape index (κ2) is 15.7.